The normalized spacial score (nSPS) is 33.0. The number of aliphatic hydroxyl groups excluding tert-OH is 1. The summed E-state index contributed by atoms with van der Waals surface area (Å²) in [4.78, 5) is 0. The Bertz CT molecular complexity index is 70.8. The van der Waals surface area contributed by atoms with E-state index in [1.165, 1.54) is 0 Å². The Kier molecular flexibility index (Phi) is 2.16. The van der Waals surface area contributed by atoms with E-state index in [1.807, 2.05) is 18.7 Å². The van der Waals surface area contributed by atoms with Crippen molar-refractivity contribution >= 4 is 11.8 Å². The van der Waals surface area contributed by atoms with E-state index in [2.05, 4.69) is 5.32 Å². The van der Waals surface area contributed by atoms with E-state index in [0.717, 1.165) is 11.6 Å². The van der Waals surface area contributed by atoms with Crippen LogP contribution in [0, 0.1) is 0 Å². The summed E-state index contributed by atoms with van der Waals surface area (Å²) in [6, 6.07) is 0.333. The van der Waals surface area contributed by atoms with E-state index in [-0.39, 0.29) is 6.10 Å². The van der Waals surface area contributed by atoms with Crippen LogP contribution in [0.15, 0.2) is 0 Å². The SMILES string of the molecule is CC(O)[C@@H]1CSCN1. The Morgan fingerprint density at radius 2 is 2.62 bits per heavy atom. The van der Waals surface area contributed by atoms with Crippen molar-refractivity contribution in [3.63, 3.8) is 0 Å². The maximum absolute atomic E-state index is 8.98. The van der Waals surface area contributed by atoms with Crippen LogP contribution >= 0.6 is 11.8 Å². The van der Waals surface area contributed by atoms with Gasteiger partial charge in [-0.2, -0.15) is 0 Å². The second kappa shape index (κ2) is 2.71. The quantitative estimate of drug-likeness (QED) is 0.529. The molecule has 1 unspecified atom stereocenters. The molecule has 0 saturated carbocycles. The van der Waals surface area contributed by atoms with Crippen molar-refractivity contribution < 1.29 is 5.11 Å². The summed E-state index contributed by atoms with van der Waals surface area (Å²) in [5.74, 6) is 2.05. The number of hydrogen-bond donors (Lipinski definition) is 2. The summed E-state index contributed by atoms with van der Waals surface area (Å²) < 4.78 is 0. The molecule has 0 bridgehead atoms. The lowest BCUT2D eigenvalue weighted by Crippen LogP contribution is -2.34. The summed E-state index contributed by atoms with van der Waals surface area (Å²) in [5, 5.41) is 12.1. The van der Waals surface area contributed by atoms with E-state index in [4.69, 9.17) is 5.11 Å². The van der Waals surface area contributed by atoms with Crippen LogP contribution in [-0.2, 0) is 0 Å². The highest BCUT2D eigenvalue weighted by molar-refractivity contribution is 7.99. The third kappa shape index (κ3) is 1.37. The molecule has 8 heavy (non-hydrogen) atoms. The number of nitrogens with one attached hydrogen (secondary N) is 1. The molecule has 0 aromatic rings. The van der Waals surface area contributed by atoms with Gasteiger partial charge >= 0.3 is 0 Å². The topological polar surface area (TPSA) is 32.3 Å². The Morgan fingerprint density at radius 1 is 1.88 bits per heavy atom. The second-order valence-electron chi connectivity index (χ2n) is 2.07. The van der Waals surface area contributed by atoms with Crippen molar-refractivity contribution in [3.05, 3.63) is 0 Å². The first-order valence-corrected chi connectivity index (χ1v) is 3.95. The van der Waals surface area contributed by atoms with E-state index < -0.39 is 0 Å². The number of rotatable bonds is 1. The molecule has 1 saturated heterocycles. The Balaban J connectivity index is 2.24. The largest absolute Gasteiger partial charge is 0.392 e. The summed E-state index contributed by atoms with van der Waals surface area (Å²) in [5.41, 5.74) is 0. The van der Waals surface area contributed by atoms with E-state index in [9.17, 15) is 0 Å². The van der Waals surface area contributed by atoms with Gasteiger partial charge in [-0.3, -0.25) is 0 Å². The standard InChI is InChI=1S/C5H11NOS/c1-4(7)5-2-8-3-6-5/h4-7H,2-3H2,1H3/t4?,5-/m0/s1. The minimum absolute atomic E-state index is 0.190. The first-order valence-electron chi connectivity index (χ1n) is 2.80. The predicted octanol–water partition coefficient (Wildman–Crippen LogP) is 0.0297. The van der Waals surface area contributed by atoms with Gasteiger partial charge in [-0.1, -0.05) is 0 Å². The molecule has 1 heterocycles. The van der Waals surface area contributed by atoms with Gasteiger partial charge in [0.1, 0.15) is 0 Å². The van der Waals surface area contributed by atoms with Crippen LogP contribution in [0.25, 0.3) is 0 Å². The zero-order valence-corrected chi connectivity index (χ0v) is 5.74. The lowest BCUT2D eigenvalue weighted by molar-refractivity contribution is 0.161. The fourth-order valence-electron chi connectivity index (χ4n) is 0.721. The van der Waals surface area contributed by atoms with Gasteiger partial charge in [-0.05, 0) is 6.92 Å². The molecule has 0 amide bonds. The lowest BCUT2D eigenvalue weighted by Gasteiger charge is -2.10. The lowest BCUT2D eigenvalue weighted by atomic mass is 10.2. The molecule has 1 fully saturated rings. The van der Waals surface area contributed by atoms with Crippen molar-refractivity contribution in [1.82, 2.24) is 5.32 Å². The fourth-order valence-corrected chi connectivity index (χ4v) is 1.82. The molecule has 0 aliphatic carbocycles. The van der Waals surface area contributed by atoms with Crippen molar-refractivity contribution in [2.45, 2.75) is 19.1 Å². The molecule has 2 atom stereocenters. The van der Waals surface area contributed by atoms with E-state index in [1.54, 1.807) is 0 Å². The Hall–Kier alpha value is 0.270. The molecule has 1 rings (SSSR count). The maximum Gasteiger partial charge on any atom is 0.0673 e. The van der Waals surface area contributed by atoms with Crippen LogP contribution in [0.3, 0.4) is 0 Å². The van der Waals surface area contributed by atoms with E-state index >= 15 is 0 Å². The maximum atomic E-state index is 8.98. The van der Waals surface area contributed by atoms with Crippen LogP contribution in [0.5, 0.6) is 0 Å². The van der Waals surface area contributed by atoms with Crippen molar-refractivity contribution in [2.75, 3.05) is 11.6 Å². The van der Waals surface area contributed by atoms with Gasteiger partial charge in [0.15, 0.2) is 0 Å². The fraction of sp³-hybridized carbons (Fsp3) is 1.00. The molecular weight excluding hydrogens is 122 g/mol. The molecule has 1 aliphatic rings. The van der Waals surface area contributed by atoms with Gasteiger partial charge in [0.2, 0.25) is 0 Å². The van der Waals surface area contributed by atoms with Gasteiger partial charge in [0.05, 0.1) is 6.10 Å². The van der Waals surface area contributed by atoms with Crippen LogP contribution in [0.4, 0.5) is 0 Å². The highest BCUT2D eigenvalue weighted by atomic mass is 32.2. The predicted molar refractivity (Wildman–Crippen MR) is 35.9 cm³/mol. The van der Waals surface area contributed by atoms with Crippen molar-refractivity contribution in [1.29, 1.82) is 0 Å². The zero-order valence-electron chi connectivity index (χ0n) is 4.92. The molecule has 0 aromatic carbocycles. The van der Waals surface area contributed by atoms with Gasteiger partial charge in [-0.15, -0.1) is 11.8 Å². The van der Waals surface area contributed by atoms with Crippen LogP contribution in [-0.4, -0.2) is 28.9 Å². The third-order valence-corrected chi connectivity index (χ3v) is 2.29. The van der Waals surface area contributed by atoms with Crippen molar-refractivity contribution in [2.24, 2.45) is 0 Å². The summed E-state index contributed by atoms with van der Waals surface area (Å²) in [7, 11) is 0. The highest BCUT2D eigenvalue weighted by Gasteiger charge is 2.18. The molecule has 2 N–H and O–H groups in total. The Morgan fingerprint density at radius 3 is 2.88 bits per heavy atom. The number of aliphatic hydroxyl groups is 1. The Labute approximate surface area is 53.7 Å². The van der Waals surface area contributed by atoms with Crippen molar-refractivity contribution in [3.8, 4) is 0 Å². The molecule has 0 aromatic heterocycles. The minimum atomic E-state index is -0.190. The molecule has 48 valence electrons. The molecule has 0 radical (unpaired) electrons. The number of thioether (sulfide) groups is 1. The minimum Gasteiger partial charge on any atom is -0.392 e. The molecule has 3 heteroatoms. The summed E-state index contributed by atoms with van der Waals surface area (Å²) in [6.07, 6.45) is -0.190. The van der Waals surface area contributed by atoms with Crippen LogP contribution in [0.2, 0.25) is 0 Å². The van der Waals surface area contributed by atoms with Crippen LogP contribution < -0.4 is 5.32 Å². The number of hydrogen-bond acceptors (Lipinski definition) is 3. The first kappa shape index (κ1) is 6.39. The average Bonchev–Trinajstić information content (AvgIpc) is 2.12. The van der Waals surface area contributed by atoms with Gasteiger partial charge in [-0.25, -0.2) is 0 Å². The van der Waals surface area contributed by atoms with E-state index in [0.29, 0.717) is 6.04 Å². The molecule has 1 aliphatic heterocycles. The highest BCUT2D eigenvalue weighted by Crippen LogP contribution is 2.11. The third-order valence-electron chi connectivity index (χ3n) is 1.33. The van der Waals surface area contributed by atoms with Gasteiger partial charge in [0, 0.05) is 17.7 Å². The monoisotopic (exact) mass is 133 g/mol. The second-order valence-corrected chi connectivity index (χ2v) is 3.10. The van der Waals surface area contributed by atoms with Gasteiger partial charge in [0.25, 0.3) is 0 Å². The summed E-state index contributed by atoms with van der Waals surface area (Å²) >= 11 is 1.84. The average molecular weight is 133 g/mol. The molecule has 2 nitrogen and oxygen atoms in total. The van der Waals surface area contributed by atoms with Crippen LogP contribution in [0.1, 0.15) is 6.92 Å². The molecular formula is C5H11NOS. The zero-order chi connectivity index (χ0) is 5.98. The summed E-state index contributed by atoms with van der Waals surface area (Å²) in [6.45, 7) is 1.82. The van der Waals surface area contributed by atoms with Gasteiger partial charge < -0.3 is 10.4 Å². The smallest absolute Gasteiger partial charge is 0.0673 e. The molecule has 0 spiro atoms. The first-order chi connectivity index (χ1) is 3.80.